The van der Waals surface area contributed by atoms with Crippen LogP contribution in [-0.2, 0) is 24.1 Å². The summed E-state index contributed by atoms with van der Waals surface area (Å²) >= 11 is 1.56. The summed E-state index contributed by atoms with van der Waals surface area (Å²) in [4.78, 5) is 13.1. The van der Waals surface area contributed by atoms with Gasteiger partial charge in [-0.1, -0.05) is 5.16 Å². The van der Waals surface area contributed by atoms with Crippen LogP contribution >= 0.6 is 11.3 Å². The predicted octanol–water partition coefficient (Wildman–Crippen LogP) is 2.74. The molecule has 0 saturated heterocycles. The lowest BCUT2D eigenvalue weighted by atomic mass is 9.94. The summed E-state index contributed by atoms with van der Waals surface area (Å²) < 4.78 is 10.4. The van der Waals surface area contributed by atoms with Crippen molar-refractivity contribution in [2.75, 3.05) is 12.4 Å². The van der Waals surface area contributed by atoms with Crippen molar-refractivity contribution in [1.82, 2.24) is 10.5 Å². The van der Waals surface area contributed by atoms with E-state index in [4.69, 9.17) is 9.26 Å². The quantitative estimate of drug-likeness (QED) is 0.883. The van der Waals surface area contributed by atoms with E-state index >= 15 is 0 Å². The maximum atomic E-state index is 11.9. The van der Waals surface area contributed by atoms with Crippen LogP contribution in [0.5, 0.6) is 0 Å². The molecule has 0 saturated carbocycles. The smallest absolute Gasteiger partial charge is 0.407 e. The zero-order valence-electron chi connectivity index (χ0n) is 13.5. The van der Waals surface area contributed by atoms with Crippen LogP contribution in [0.4, 0.5) is 9.80 Å². The Kier molecular flexibility index (Phi) is 4.71. The molecular weight excluding hydrogens is 328 g/mol. The highest BCUT2D eigenvalue weighted by Gasteiger charge is 2.27. The van der Waals surface area contributed by atoms with Crippen LogP contribution < -0.4 is 10.6 Å². The van der Waals surface area contributed by atoms with Gasteiger partial charge in [0.25, 0.3) is 0 Å². The van der Waals surface area contributed by atoms with Crippen molar-refractivity contribution in [1.29, 1.82) is 5.26 Å². The minimum atomic E-state index is -0.463. The Hall–Kier alpha value is -2.53. The third-order valence-corrected chi connectivity index (χ3v) is 5.20. The van der Waals surface area contributed by atoms with Crippen molar-refractivity contribution in [3.8, 4) is 6.07 Å². The van der Waals surface area contributed by atoms with Crippen LogP contribution in [-0.4, -0.2) is 24.4 Å². The Morgan fingerprint density at radius 2 is 2.46 bits per heavy atom. The topological polar surface area (TPSA) is 100 Å². The molecule has 1 amide bonds. The number of nitrogens with one attached hydrogen (secondary N) is 2. The number of rotatable bonds is 4. The summed E-state index contributed by atoms with van der Waals surface area (Å²) in [6, 6.07) is 4.03. The van der Waals surface area contributed by atoms with Crippen LogP contribution in [0.3, 0.4) is 0 Å². The normalized spacial score (nSPS) is 16.1. The molecule has 1 aliphatic rings. The van der Waals surface area contributed by atoms with E-state index in [1.54, 1.807) is 24.3 Å². The van der Waals surface area contributed by atoms with Gasteiger partial charge in [0.05, 0.1) is 12.1 Å². The number of nitriles is 1. The number of ether oxygens (including phenoxy) is 1. The second-order valence-corrected chi connectivity index (χ2v) is 6.73. The lowest BCUT2D eigenvalue weighted by Crippen LogP contribution is -2.31. The maximum Gasteiger partial charge on any atom is 0.407 e. The fourth-order valence-electron chi connectivity index (χ4n) is 2.81. The van der Waals surface area contributed by atoms with Crippen LogP contribution in [0.25, 0.3) is 0 Å². The number of hydrogen-bond acceptors (Lipinski definition) is 7. The largest absolute Gasteiger partial charge is 0.446 e. The number of amides is 1. The van der Waals surface area contributed by atoms with E-state index in [0.29, 0.717) is 17.9 Å². The van der Waals surface area contributed by atoms with E-state index in [1.807, 2.05) is 7.05 Å². The highest BCUT2D eigenvalue weighted by molar-refractivity contribution is 7.16. The van der Waals surface area contributed by atoms with Gasteiger partial charge in [-0.3, -0.25) is 0 Å². The Labute approximate surface area is 143 Å². The lowest BCUT2D eigenvalue weighted by molar-refractivity contribution is 0.0896. The van der Waals surface area contributed by atoms with Crippen LogP contribution in [0, 0.1) is 18.3 Å². The first kappa shape index (κ1) is 16.3. The molecule has 0 fully saturated rings. The van der Waals surface area contributed by atoms with E-state index in [0.717, 1.165) is 33.8 Å². The van der Waals surface area contributed by atoms with Crippen molar-refractivity contribution < 1.29 is 14.1 Å². The van der Waals surface area contributed by atoms with E-state index in [-0.39, 0.29) is 12.6 Å². The number of nitrogens with zero attached hydrogens (tertiary/aromatic N) is 2. The standard InChI is InChI=1S/C16H18N4O3S/c1-9-5-10(20-23-9)8-19-16(21)22-11-3-4-12-13(7-17)15(18-2)24-14(12)6-11/h5,11,18H,3-4,6,8H2,1-2H3,(H,19,21). The minimum Gasteiger partial charge on any atom is -0.446 e. The molecule has 2 N–H and O–H groups in total. The van der Waals surface area contributed by atoms with Crippen molar-refractivity contribution in [3.63, 3.8) is 0 Å². The highest BCUT2D eigenvalue weighted by Crippen LogP contribution is 2.38. The molecule has 2 aromatic rings. The Morgan fingerprint density at radius 3 is 3.12 bits per heavy atom. The predicted molar refractivity (Wildman–Crippen MR) is 89.0 cm³/mol. The fourth-order valence-corrected chi connectivity index (χ4v) is 4.02. The van der Waals surface area contributed by atoms with E-state index in [2.05, 4.69) is 21.9 Å². The Morgan fingerprint density at radius 1 is 1.62 bits per heavy atom. The van der Waals surface area contributed by atoms with Gasteiger partial charge in [-0.2, -0.15) is 5.26 Å². The summed E-state index contributed by atoms with van der Waals surface area (Å²) in [6.45, 7) is 2.07. The molecule has 2 aromatic heterocycles. The number of aryl methyl sites for hydroxylation is 1. The van der Waals surface area contributed by atoms with Gasteiger partial charge < -0.3 is 19.9 Å². The van der Waals surface area contributed by atoms with Gasteiger partial charge >= 0.3 is 6.09 Å². The molecule has 0 radical (unpaired) electrons. The summed E-state index contributed by atoms with van der Waals surface area (Å²) in [5.41, 5.74) is 2.47. The number of carbonyl (C=O) groups excluding carboxylic acids is 1. The molecule has 0 aliphatic heterocycles. The first-order valence-corrected chi connectivity index (χ1v) is 8.51. The summed E-state index contributed by atoms with van der Waals surface area (Å²) in [7, 11) is 1.81. The first-order valence-electron chi connectivity index (χ1n) is 7.69. The van der Waals surface area contributed by atoms with Crippen molar-refractivity contribution in [2.24, 2.45) is 0 Å². The molecule has 24 heavy (non-hydrogen) atoms. The van der Waals surface area contributed by atoms with Crippen molar-refractivity contribution in [3.05, 3.63) is 33.5 Å². The Balaban J connectivity index is 1.57. The van der Waals surface area contributed by atoms with E-state index < -0.39 is 6.09 Å². The highest BCUT2D eigenvalue weighted by atomic mass is 32.1. The molecule has 1 aliphatic carbocycles. The van der Waals surface area contributed by atoms with Gasteiger partial charge in [-0.15, -0.1) is 11.3 Å². The number of carbonyl (C=O) groups is 1. The second kappa shape index (κ2) is 6.93. The molecule has 1 unspecified atom stereocenters. The monoisotopic (exact) mass is 346 g/mol. The zero-order valence-corrected chi connectivity index (χ0v) is 14.3. The number of aromatic nitrogens is 1. The summed E-state index contributed by atoms with van der Waals surface area (Å²) in [6.07, 6.45) is 1.48. The molecular formula is C16H18N4O3S. The molecule has 2 heterocycles. The summed E-state index contributed by atoms with van der Waals surface area (Å²) in [5, 5.41) is 19.7. The van der Waals surface area contributed by atoms with E-state index in [1.165, 1.54) is 0 Å². The van der Waals surface area contributed by atoms with Gasteiger partial charge in [-0.05, 0) is 25.3 Å². The zero-order chi connectivity index (χ0) is 17.1. The van der Waals surface area contributed by atoms with Gasteiger partial charge in [0.2, 0.25) is 0 Å². The number of anilines is 1. The fraction of sp³-hybridized carbons (Fsp3) is 0.438. The average Bonchev–Trinajstić information content (AvgIpc) is 3.15. The molecule has 0 bridgehead atoms. The van der Waals surface area contributed by atoms with Gasteiger partial charge in [0.1, 0.15) is 28.6 Å². The third-order valence-electron chi connectivity index (χ3n) is 3.92. The molecule has 3 rings (SSSR count). The van der Waals surface area contributed by atoms with E-state index in [9.17, 15) is 10.1 Å². The van der Waals surface area contributed by atoms with Crippen molar-refractivity contribution in [2.45, 2.75) is 38.8 Å². The SMILES string of the molecule is CNc1sc2c(c1C#N)CCC(OC(=O)NCc1cc(C)on1)C2. The molecule has 126 valence electrons. The second-order valence-electron chi connectivity index (χ2n) is 5.62. The van der Waals surface area contributed by atoms with Crippen LogP contribution in [0.1, 0.15) is 33.9 Å². The van der Waals surface area contributed by atoms with Gasteiger partial charge in [0, 0.05) is 24.4 Å². The number of fused-ring (bicyclic) bond motifs is 1. The molecule has 7 nitrogen and oxygen atoms in total. The first-order chi connectivity index (χ1) is 11.6. The van der Waals surface area contributed by atoms with Gasteiger partial charge in [0.15, 0.2) is 0 Å². The van der Waals surface area contributed by atoms with Crippen LogP contribution in [0.2, 0.25) is 0 Å². The number of thiophene rings is 1. The van der Waals surface area contributed by atoms with Crippen LogP contribution in [0.15, 0.2) is 10.6 Å². The third kappa shape index (κ3) is 3.36. The van der Waals surface area contributed by atoms with Crippen molar-refractivity contribution >= 4 is 22.4 Å². The Bertz CT molecular complexity index is 790. The number of hydrogen-bond donors (Lipinski definition) is 2. The molecule has 1 atom stereocenters. The average molecular weight is 346 g/mol. The molecule has 0 spiro atoms. The summed E-state index contributed by atoms with van der Waals surface area (Å²) in [5.74, 6) is 0.700. The number of alkyl carbamates (subject to hydrolysis) is 1. The lowest BCUT2D eigenvalue weighted by Gasteiger charge is -2.22. The molecule has 8 heteroatoms. The van der Waals surface area contributed by atoms with Gasteiger partial charge in [-0.25, -0.2) is 4.79 Å². The maximum absolute atomic E-state index is 11.9. The molecule has 0 aromatic carbocycles. The minimum absolute atomic E-state index is 0.175.